The summed E-state index contributed by atoms with van der Waals surface area (Å²) in [5.74, 6) is 0. The largest absolute Gasteiger partial charge is 0.277 e. The summed E-state index contributed by atoms with van der Waals surface area (Å²) in [6, 6.07) is 8.60. The Labute approximate surface area is 98.4 Å². The molecule has 2 aromatic rings. The lowest BCUT2D eigenvalue weighted by atomic mass is 9.99. The zero-order valence-corrected chi connectivity index (χ0v) is 9.04. The van der Waals surface area contributed by atoms with Crippen LogP contribution in [0.3, 0.4) is 0 Å². The van der Waals surface area contributed by atoms with E-state index < -0.39 is 4.92 Å². The number of hydrogen-bond donors (Lipinski definition) is 0. The molecule has 0 N–H and O–H groups in total. The number of pyridine rings is 1. The molecule has 0 spiro atoms. The van der Waals surface area contributed by atoms with Gasteiger partial charge in [0.05, 0.1) is 10.5 Å². The fraction of sp³-hybridized carbons (Fsp3) is 0. The topological polar surface area (TPSA) is 56.0 Å². The van der Waals surface area contributed by atoms with Gasteiger partial charge in [-0.05, 0) is 23.3 Å². The van der Waals surface area contributed by atoms with Gasteiger partial charge in [0.1, 0.15) is 0 Å². The fourth-order valence-electron chi connectivity index (χ4n) is 1.71. The Morgan fingerprint density at radius 2 is 1.94 bits per heavy atom. The molecule has 0 aliphatic heterocycles. The molecule has 0 saturated carbocycles. The molecule has 0 aliphatic rings. The van der Waals surface area contributed by atoms with Crippen LogP contribution in [0.25, 0.3) is 17.2 Å². The predicted molar refractivity (Wildman–Crippen MR) is 66.4 cm³/mol. The molecule has 4 nitrogen and oxygen atoms in total. The Kier molecular flexibility index (Phi) is 2.96. The molecular formula is C13H10N2O2. The molecule has 1 heterocycles. The maximum Gasteiger partial charge on any atom is 0.277 e. The van der Waals surface area contributed by atoms with Crippen molar-refractivity contribution >= 4 is 11.8 Å². The summed E-state index contributed by atoms with van der Waals surface area (Å²) >= 11 is 0. The van der Waals surface area contributed by atoms with Gasteiger partial charge in [0.2, 0.25) is 0 Å². The molecule has 2 rings (SSSR count). The molecule has 84 valence electrons. The maximum atomic E-state index is 10.9. The van der Waals surface area contributed by atoms with Crippen molar-refractivity contribution in [2.45, 2.75) is 0 Å². The molecule has 0 amide bonds. The molecule has 1 aromatic carbocycles. The first-order chi connectivity index (χ1) is 8.24. The minimum atomic E-state index is -0.401. The Morgan fingerprint density at radius 3 is 2.53 bits per heavy atom. The highest BCUT2D eigenvalue weighted by molar-refractivity contribution is 5.79. The molecule has 17 heavy (non-hydrogen) atoms. The molecule has 0 bridgehead atoms. The van der Waals surface area contributed by atoms with E-state index in [0.717, 1.165) is 11.1 Å². The van der Waals surface area contributed by atoms with Crippen molar-refractivity contribution in [1.29, 1.82) is 0 Å². The predicted octanol–water partition coefficient (Wildman–Crippen LogP) is 3.30. The average Bonchev–Trinajstić information content (AvgIpc) is 2.38. The van der Waals surface area contributed by atoms with E-state index >= 15 is 0 Å². The van der Waals surface area contributed by atoms with E-state index in [0.29, 0.717) is 5.56 Å². The summed E-state index contributed by atoms with van der Waals surface area (Å²) < 4.78 is 0. The third kappa shape index (κ3) is 2.06. The van der Waals surface area contributed by atoms with Crippen LogP contribution in [0.5, 0.6) is 0 Å². The van der Waals surface area contributed by atoms with Crippen molar-refractivity contribution in [3.63, 3.8) is 0 Å². The van der Waals surface area contributed by atoms with Crippen LogP contribution in [0.15, 0.2) is 49.3 Å². The highest BCUT2D eigenvalue weighted by atomic mass is 16.6. The quantitative estimate of drug-likeness (QED) is 0.596. The number of benzene rings is 1. The normalized spacial score (nSPS) is 9.88. The molecule has 0 unspecified atom stereocenters. The van der Waals surface area contributed by atoms with Crippen molar-refractivity contribution in [1.82, 2.24) is 4.98 Å². The van der Waals surface area contributed by atoms with E-state index in [-0.39, 0.29) is 5.69 Å². The van der Waals surface area contributed by atoms with Crippen LogP contribution in [0, 0.1) is 10.1 Å². The second kappa shape index (κ2) is 4.57. The number of rotatable bonds is 3. The lowest BCUT2D eigenvalue weighted by Crippen LogP contribution is -1.93. The highest BCUT2D eigenvalue weighted by Crippen LogP contribution is 2.30. The summed E-state index contributed by atoms with van der Waals surface area (Å²) in [5, 5.41) is 10.9. The van der Waals surface area contributed by atoms with Gasteiger partial charge in [-0.3, -0.25) is 15.1 Å². The van der Waals surface area contributed by atoms with E-state index in [1.807, 2.05) is 18.2 Å². The van der Waals surface area contributed by atoms with Gasteiger partial charge in [-0.1, -0.05) is 24.8 Å². The van der Waals surface area contributed by atoms with Crippen LogP contribution in [0.4, 0.5) is 5.69 Å². The van der Waals surface area contributed by atoms with E-state index in [4.69, 9.17) is 0 Å². The SMILES string of the molecule is C=Cc1c(-c2ccncc2)cccc1[N+](=O)[O-]. The molecule has 0 aliphatic carbocycles. The number of aromatic nitrogens is 1. The van der Waals surface area contributed by atoms with Crippen molar-refractivity contribution in [2.75, 3.05) is 0 Å². The molecule has 4 heteroatoms. The number of hydrogen-bond acceptors (Lipinski definition) is 3. The molecule has 0 fully saturated rings. The second-order valence-corrected chi connectivity index (χ2v) is 3.44. The van der Waals surface area contributed by atoms with Gasteiger partial charge in [-0.2, -0.15) is 0 Å². The zero-order valence-electron chi connectivity index (χ0n) is 9.04. The second-order valence-electron chi connectivity index (χ2n) is 3.44. The van der Waals surface area contributed by atoms with Gasteiger partial charge in [-0.15, -0.1) is 0 Å². The fourth-order valence-corrected chi connectivity index (χ4v) is 1.71. The highest BCUT2D eigenvalue weighted by Gasteiger charge is 2.15. The Bertz CT molecular complexity index is 565. The first kappa shape index (κ1) is 11.0. The summed E-state index contributed by atoms with van der Waals surface area (Å²) in [6.45, 7) is 3.64. The third-order valence-corrected chi connectivity index (χ3v) is 2.48. The summed E-state index contributed by atoms with van der Waals surface area (Å²) in [5.41, 5.74) is 2.27. The van der Waals surface area contributed by atoms with E-state index in [1.165, 1.54) is 12.1 Å². The Hall–Kier alpha value is -2.49. The van der Waals surface area contributed by atoms with Gasteiger partial charge in [-0.25, -0.2) is 0 Å². The van der Waals surface area contributed by atoms with Gasteiger partial charge in [0.15, 0.2) is 0 Å². The lowest BCUT2D eigenvalue weighted by Gasteiger charge is -2.06. The summed E-state index contributed by atoms with van der Waals surface area (Å²) in [6.07, 6.45) is 4.82. The standard InChI is InChI=1S/C13H10N2O2/c1-2-11-12(10-6-8-14-9-7-10)4-3-5-13(11)15(16)17/h2-9H,1H2. The van der Waals surface area contributed by atoms with E-state index in [9.17, 15) is 10.1 Å². The third-order valence-electron chi connectivity index (χ3n) is 2.48. The Morgan fingerprint density at radius 1 is 1.24 bits per heavy atom. The summed E-state index contributed by atoms with van der Waals surface area (Å²) in [7, 11) is 0. The number of nitro benzene ring substituents is 1. The molecule has 0 radical (unpaired) electrons. The zero-order chi connectivity index (χ0) is 12.3. The van der Waals surface area contributed by atoms with Crippen molar-refractivity contribution in [2.24, 2.45) is 0 Å². The van der Waals surface area contributed by atoms with Gasteiger partial charge >= 0.3 is 0 Å². The van der Waals surface area contributed by atoms with Crippen LogP contribution in [-0.2, 0) is 0 Å². The van der Waals surface area contributed by atoms with Gasteiger partial charge in [0.25, 0.3) is 5.69 Å². The van der Waals surface area contributed by atoms with Gasteiger partial charge < -0.3 is 0 Å². The van der Waals surface area contributed by atoms with Crippen LogP contribution in [0.1, 0.15) is 5.56 Å². The molecule has 0 atom stereocenters. The van der Waals surface area contributed by atoms with Crippen LogP contribution >= 0.6 is 0 Å². The molecule has 1 aromatic heterocycles. The maximum absolute atomic E-state index is 10.9. The summed E-state index contributed by atoms with van der Waals surface area (Å²) in [4.78, 5) is 14.4. The monoisotopic (exact) mass is 226 g/mol. The smallest absolute Gasteiger partial charge is 0.265 e. The van der Waals surface area contributed by atoms with E-state index in [2.05, 4.69) is 11.6 Å². The number of nitro groups is 1. The average molecular weight is 226 g/mol. The van der Waals surface area contributed by atoms with E-state index in [1.54, 1.807) is 18.5 Å². The van der Waals surface area contributed by atoms with Crippen LogP contribution in [-0.4, -0.2) is 9.91 Å². The van der Waals surface area contributed by atoms with Crippen molar-refractivity contribution < 1.29 is 4.92 Å². The minimum Gasteiger partial charge on any atom is -0.265 e. The van der Waals surface area contributed by atoms with Gasteiger partial charge in [0, 0.05) is 18.5 Å². The molecular weight excluding hydrogens is 216 g/mol. The first-order valence-electron chi connectivity index (χ1n) is 5.04. The van der Waals surface area contributed by atoms with Crippen LogP contribution < -0.4 is 0 Å². The van der Waals surface area contributed by atoms with Crippen LogP contribution in [0.2, 0.25) is 0 Å². The van der Waals surface area contributed by atoms with Crippen molar-refractivity contribution in [3.05, 3.63) is 65.0 Å². The van der Waals surface area contributed by atoms with Crippen molar-refractivity contribution in [3.8, 4) is 11.1 Å². The molecule has 0 saturated heterocycles. The Balaban J connectivity index is 2.67. The lowest BCUT2D eigenvalue weighted by molar-refractivity contribution is -0.385. The minimum absolute atomic E-state index is 0.0642. The number of nitrogens with zero attached hydrogens (tertiary/aromatic N) is 2. The first-order valence-corrected chi connectivity index (χ1v) is 5.04.